The minimum absolute atomic E-state index is 0.213. The van der Waals surface area contributed by atoms with Crippen LogP contribution in [-0.4, -0.2) is 23.5 Å². The summed E-state index contributed by atoms with van der Waals surface area (Å²) in [6.07, 6.45) is 3.66. The lowest BCUT2D eigenvalue weighted by Crippen LogP contribution is -2.49. The molecule has 1 heterocycles. The zero-order chi connectivity index (χ0) is 14.7. The molecule has 2 rings (SSSR count). The van der Waals surface area contributed by atoms with E-state index in [0.29, 0.717) is 12.1 Å². The Labute approximate surface area is 124 Å². The van der Waals surface area contributed by atoms with Crippen molar-refractivity contribution in [1.82, 2.24) is 4.90 Å². The molecule has 0 amide bonds. The van der Waals surface area contributed by atoms with Crippen LogP contribution in [0, 0.1) is 12.8 Å². The number of hydrogen-bond donors (Lipinski definition) is 1. The largest absolute Gasteiger partial charge is 0.326 e. The van der Waals surface area contributed by atoms with Gasteiger partial charge in [0.2, 0.25) is 0 Å². The van der Waals surface area contributed by atoms with E-state index < -0.39 is 0 Å². The van der Waals surface area contributed by atoms with Gasteiger partial charge in [-0.25, -0.2) is 0 Å². The van der Waals surface area contributed by atoms with Gasteiger partial charge >= 0.3 is 0 Å². The Morgan fingerprint density at radius 1 is 1.20 bits per heavy atom. The molecule has 4 unspecified atom stereocenters. The van der Waals surface area contributed by atoms with Crippen molar-refractivity contribution in [1.29, 1.82) is 0 Å². The lowest BCUT2D eigenvalue weighted by atomic mass is 9.88. The average molecular weight is 274 g/mol. The highest BCUT2D eigenvalue weighted by Gasteiger charge is 2.32. The van der Waals surface area contributed by atoms with Crippen molar-refractivity contribution in [3.8, 4) is 0 Å². The summed E-state index contributed by atoms with van der Waals surface area (Å²) < 4.78 is 0. The Balaban J connectivity index is 2.29. The summed E-state index contributed by atoms with van der Waals surface area (Å²) in [5.41, 5.74) is 9.18. The molecular weight excluding hydrogens is 244 g/mol. The maximum atomic E-state index is 6.48. The van der Waals surface area contributed by atoms with Gasteiger partial charge in [0.1, 0.15) is 0 Å². The van der Waals surface area contributed by atoms with E-state index in [9.17, 15) is 0 Å². The molecule has 0 saturated carbocycles. The Morgan fingerprint density at radius 2 is 1.85 bits per heavy atom. The molecule has 4 atom stereocenters. The third-order valence-electron chi connectivity index (χ3n) is 4.82. The Kier molecular flexibility index (Phi) is 5.22. The second-order valence-corrected chi connectivity index (χ2v) is 6.66. The molecule has 2 heteroatoms. The number of likely N-dealkylation sites (tertiary alicyclic amines) is 1. The number of hydrogen-bond acceptors (Lipinski definition) is 2. The number of nitrogens with zero attached hydrogens (tertiary/aromatic N) is 1. The van der Waals surface area contributed by atoms with Crippen molar-refractivity contribution in [2.75, 3.05) is 6.54 Å². The van der Waals surface area contributed by atoms with Crippen molar-refractivity contribution in [3.63, 3.8) is 0 Å². The lowest BCUT2D eigenvalue weighted by molar-refractivity contribution is 0.0625. The first kappa shape index (κ1) is 15.5. The van der Waals surface area contributed by atoms with Crippen LogP contribution in [0.3, 0.4) is 0 Å². The summed E-state index contributed by atoms with van der Waals surface area (Å²) in [5, 5.41) is 0. The second kappa shape index (κ2) is 6.73. The SMILES string of the molecule is CCC(N)C(c1ccc(C)cc1)N1CC(C)CCC1C. The Bertz CT molecular complexity index is 412. The van der Waals surface area contributed by atoms with Crippen molar-refractivity contribution < 1.29 is 0 Å². The zero-order valence-corrected chi connectivity index (χ0v) is 13.5. The average Bonchev–Trinajstić information content (AvgIpc) is 2.44. The molecule has 20 heavy (non-hydrogen) atoms. The number of aryl methyl sites for hydroxylation is 1. The summed E-state index contributed by atoms with van der Waals surface area (Å²) >= 11 is 0. The van der Waals surface area contributed by atoms with Crippen LogP contribution in [0.1, 0.15) is 57.2 Å². The summed E-state index contributed by atoms with van der Waals surface area (Å²) in [7, 11) is 0. The first-order valence-corrected chi connectivity index (χ1v) is 8.10. The highest BCUT2D eigenvalue weighted by molar-refractivity contribution is 5.25. The monoisotopic (exact) mass is 274 g/mol. The van der Waals surface area contributed by atoms with E-state index in [2.05, 4.69) is 56.9 Å². The maximum Gasteiger partial charge on any atom is 0.0501 e. The van der Waals surface area contributed by atoms with Gasteiger partial charge < -0.3 is 5.73 Å². The van der Waals surface area contributed by atoms with E-state index in [1.54, 1.807) is 0 Å². The van der Waals surface area contributed by atoms with Crippen LogP contribution in [0.25, 0.3) is 0 Å². The summed E-state index contributed by atoms with van der Waals surface area (Å²) in [5.74, 6) is 0.781. The molecule has 1 aliphatic rings. The van der Waals surface area contributed by atoms with Crippen LogP contribution in [0.2, 0.25) is 0 Å². The smallest absolute Gasteiger partial charge is 0.0501 e. The molecule has 0 aliphatic carbocycles. The third-order valence-corrected chi connectivity index (χ3v) is 4.82. The molecule has 2 N–H and O–H groups in total. The standard InChI is InChI=1S/C18H30N2/c1-5-17(19)18(16-10-7-13(2)8-11-16)20-12-14(3)6-9-15(20)4/h7-8,10-11,14-15,17-18H,5-6,9,12,19H2,1-4H3. The normalized spacial score (nSPS) is 27.2. The van der Waals surface area contributed by atoms with Crippen LogP contribution < -0.4 is 5.73 Å². The van der Waals surface area contributed by atoms with Gasteiger partial charge in [-0.1, -0.05) is 43.7 Å². The van der Waals surface area contributed by atoms with Crippen molar-refractivity contribution in [2.45, 2.75) is 65.1 Å². The van der Waals surface area contributed by atoms with Gasteiger partial charge in [0, 0.05) is 18.6 Å². The van der Waals surface area contributed by atoms with Gasteiger partial charge in [-0.3, -0.25) is 4.90 Å². The fourth-order valence-electron chi connectivity index (χ4n) is 3.38. The number of rotatable bonds is 4. The molecule has 0 aromatic heterocycles. The lowest BCUT2D eigenvalue weighted by Gasteiger charge is -2.44. The number of nitrogens with two attached hydrogens (primary N) is 1. The first-order valence-electron chi connectivity index (χ1n) is 8.10. The predicted molar refractivity (Wildman–Crippen MR) is 86.8 cm³/mol. The fourth-order valence-corrected chi connectivity index (χ4v) is 3.38. The van der Waals surface area contributed by atoms with Gasteiger partial charge in [0.25, 0.3) is 0 Å². The third kappa shape index (κ3) is 3.42. The van der Waals surface area contributed by atoms with Crippen molar-refractivity contribution in [3.05, 3.63) is 35.4 Å². The Hall–Kier alpha value is -0.860. The van der Waals surface area contributed by atoms with Crippen molar-refractivity contribution >= 4 is 0 Å². The summed E-state index contributed by atoms with van der Waals surface area (Å²) in [6, 6.07) is 10.2. The molecule has 1 fully saturated rings. The van der Waals surface area contributed by atoms with Crippen LogP contribution in [0.5, 0.6) is 0 Å². The topological polar surface area (TPSA) is 29.3 Å². The van der Waals surface area contributed by atoms with E-state index in [0.717, 1.165) is 12.3 Å². The van der Waals surface area contributed by atoms with Crippen LogP contribution >= 0.6 is 0 Å². The molecule has 112 valence electrons. The summed E-state index contributed by atoms with van der Waals surface area (Å²) in [4.78, 5) is 2.65. The van der Waals surface area contributed by atoms with E-state index >= 15 is 0 Å². The molecule has 1 aromatic carbocycles. The second-order valence-electron chi connectivity index (χ2n) is 6.66. The predicted octanol–water partition coefficient (Wildman–Crippen LogP) is 3.89. The fraction of sp³-hybridized carbons (Fsp3) is 0.667. The van der Waals surface area contributed by atoms with Crippen LogP contribution in [0.4, 0.5) is 0 Å². The highest BCUT2D eigenvalue weighted by atomic mass is 15.2. The van der Waals surface area contributed by atoms with Gasteiger partial charge in [0.15, 0.2) is 0 Å². The molecule has 2 nitrogen and oxygen atoms in total. The Morgan fingerprint density at radius 3 is 2.45 bits per heavy atom. The van der Waals surface area contributed by atoms with Crippen molar-refractivity contribution in [2.24, 2.45) is 11.7 Å². The first-order chi connectivity index (χ1) is 9.52. The van der Waals surface area contributed by atoms with Crippen LogP contribution in [0.15, 0.2) is 24.3 Å². The minimum atomic E-state index is 0.213. The number of benzene rings is 1. The molecule has 0 bridgehead atoms. The summed E-state index contributed by atoms with van der Waals surface area (Å²) in [6.45, 7) is 10.2. The van der Waals surface area contributed by atoms with E-state index in [1.165, 1.54) is 30.5 Å². The highest BCUT2D eigenvalue weighted by Crippen LogP contribution is 2.33. The minimum Gasteiger partial charge on any atom is -0.326 e. The zero-order valence-electron chi connectivity index (χ0n) is 13.5. The maximum absolute atomic E-state index is 6.48. The molecule has 1 aliphatic heterocycles. The van der Waals surface area contributed by atoms with Gasteiger partial charge in [-0.2, -0.15) is 0 Å². The molecular formula is C18H30N2. The van der Waals surface area contributed by atoms with Gasteiger partial charge in [0.05, 0.1) is 6.04 Å². The molecule has 1 aromatic rings. The quantitative estimate of drug-likeness (QED) is 0.902. The molecule has 0 radical (unpaired) electrons. The van der Waals surface area contributed by atoms with Gasteiger partial charge in [-0.05, 0) is 44.6 Å². The van der Waals surface area contributed by atoms with Crippen LogP contribution in [-0.2, 0) is 0 Å². The van der Waals surface area contributed by atoms with E-state index in [-0.39, 0.29) is 6.04 Å². The number of piperidine rings is 1. The molecule has 0 spiro atoms. The van der Waals surface area contributed by atoms with Gasteiger partial charge in [-0.15, -0.1) is 0 Å². The van der Waals surface area contributed by atoms with E-state index in [4.69, 9.17) is 5.73 Å². The van der Waals surface area contributed by atoms with E-state index in [1.807, 2.05) is 0 Å². The molecule has 1 saturated heterocycles.